The molecule has 21 heavy (non-hydrogen) atoms. The van der Waals surface area contributed by atoms with E-state index in [1.165, 1.54) is 0 Å². The zero-order valence-corrected chi connectivity index (χ0v) is 14.1. The van der Waals surface area contributed by atoms with Gasteiger partial charge in [-0.05, 0) is 50.3 Å². The molecule has 1 saturated heterocycles. The number of likely N-dealkylation sites (tertiary alicyclic amines) is 1. The van der Waals surface area contributed by atoms with Gasteiger partial charge in [0.05, 0.1) is 6.10 Å². The van der Waals surface area contributed by atoms with Gasteiger partial charge < -0.3 is 15.7 Å². The first-order valence-corrected chi connectivity index (χ1v) is 8.14. The molecule has 4 nitrogen and oxygen atoms in total. The number of amides is 1. The van der Waals surface area contributed by atoms with Gasteiger partial charge in [0, 0.05) is 17.6 Å². The molecule has 2 rings (SSSR count). The second-order valence-electron chi connectivity index (χ2n) is 6.08. The molecule has 0 aromatic heterocycles. The van der Waals surface area contributed by atoms with Gasteiger partial charge in [0.15, 0.2) is 0 Å². The van der Waals surface area contributed by atoms with Crippen molar-refractivity contribution in [3.8, 4) is 0 Å². The number of aliphatic hydroxyl groups is 1. The van der Waals surface area contributed by atoms with E-state index in [4.69, 9.17) is 5.73 Å². The van der Waals surface area contributed by atoms with Gasteiger partial charge in [0.2, 0.25) is 5.91 Å². The van der Waals surface area contributed by atoms with E-state index < -0.39 is 5.54 Å². The lowest BCUT2D eigenvalue weighted by atomic mass is 9.88. The molecule has 1 aromatic carbocycles. The van der Waals surface area contributed by atoms with Crippen LogP contribution < -0.4 is 5.73 Å². The molecule has 2 unspecified atom stereocenters. The summed E-state index contributed by atoms with van der Waals surface area (Å²) in [5, 5.41) is 9.63. The van der Waals surface area contributed by atoms with E-state index in [9.17, 15) is 9.90 Å². The van der Waals surface area contributed by atoms with E-state index in [0.717, 1.165) is 22.9 Å². The van der Waals surface area contributed by atoms with E-state index in [0.29, 0.717) is 13.1 Å². The average molecular weight is 355 g/mol. The van der Waals surface area contributed by atoms with Gasteiger partial charge in [-0.25, -0.2) is 0 Å². The monoisotopic (exact) mass is 354 g/mol. The molecule has 3 N–H and O–H groups in total. The van der Waals surface area contributed by atoms with E-state index in [2.05, 4.69) is 15.9 Å². The number of rotatable bonds is 3. The zero-order chi connectivity index (χ0) is 15.6. The van der Waals surface area contributed by atoms with Gasteiger partial charge in [0.25, 0.3) is 0 Å². The van der Waals surface area contributed by atoms with E-state index in [1.54, 1.807) is 6.92 Å². The smallest absolute Gasteiger partial charge is 0.246 e. The molecule has 0 saturated carbocycles. The SMILES string of the molecule is CC(O)C1CCN(C(=O)C(C)(N)c2ccc(Br)cc2)CC1. The summed E-state index contributed by atoms with van der Waals surface area (Å²) < 4.78 is 0.965. The predicted molar refractivity (Wildman–Crippen MR) is 86.7 cm³/mol. The second kappa shape index (κ2) is 6.46. The highest BCUT2D eigenvalue weighted by atomic mass is 79.9. The third kappa shape index (κ3) is 3.65. The van der Waals surface area contributed by atoms with Crippen molar-refractivity contribution in [1.82, 2.24) is 4.90 Å². The summed E-state index contributed by atoms with van der Waals surface area (Å²) in [7, 11) is 0. The lowest BCUT2D eigenvalue weighted by molar-refractivity contribution is -0.138. The van der Waals surface area contributed by atoms with Crippen LogP contribution in [0, 0.1) is 5.92 Å². The zero-order valence-electron chi connectivity index (χ0n) is 12.6. The molecular weight excluding hydrogens is 332 g/mol. The molecule has 1 heterocycles. The van der Waals surface area contributed by atoms with Gasteiger partial charge in [-0.3, -0.25) is 4.79 Å². The first kappa shape index (κ1) is 16.5. The summed E-state index contributed by atoms with van der Waals surface area (Å²) in [6, 6.07) is 7.55. The second-order valence-corrected chi connectivity index (χ2v) is 7.00. The number of benzene rings is 1. The number of halogens is 1. The third-order valence-corrected chi connectivity index (χ3v) is 4.93. The fourth-order valence-corrected chi connectivity index (χ4v) is 3.10. The van der Waals surface area contributed by atoms with Crippen LogP contribution in [0.25, 0.3) is 0 Å². The highest BCUT2D eigenvalue weighted by molar-refractivity contribution is 9.10. The number of hydrogen-bond acceptors (Lipinski definition) is 3. The maximum Gasteiger partial charge on any atom is 0.246 e. The van der Waals surface area contributed by atoms with Crippen LogP contribution in [0.1, 0.15) is 32.3 Å². The summed E-state index contributed by atoms with van der Waals surface area (Å²) >= 11 is 3.39. The van der Waals surface area contributed by atoms with Crippen molar-refractivity contribution in [3.05, 3.63) is 34.3 Å². The molecule has 0 bridgehead atoms. The number of nitrogens with two attached hydrogens (primary N) is 1. The average Bonchev–Trinajstić information content (AvgIpc) is 2.47. The molecule has 1 aliphatic heterocycles. The number of nitrogens with zero attached hydrogens (tertiary/aromatic N) is 1. The third-order valence-electron chi connectivity index (χ3n) is 4.40. The molecule has 1 fully saturated rings. The standard InChI is InChI=1S/C16H23BrN2O2/c1-11(20)12-7-9-19(10-8-12)15(21)16(2,18)13-3-5-14(17)6-4-13/h3-6,11-12,20H,7-10,18H2,1-2H3. The van der Waals surface area contributed by atoms with Crippen molar-refractivity contribution in [3.63, 3.8) is 0 Å². The molecule has 1 aliphatic rings. The van der Waals surface area contributed by atoms with Crippen LogP contribution in [-0.4, -0.2) is 35.1 Å². The van der Waals surface area contributed by atoms with Crippen LogP contribution in [0.4, 0.5) is 0 Å². The van der Waals surface area contributed by atoms with Gasteiger partial charge >= 0.3 is 0 Å². The highest BCUT2D eigenvalue weighted by Gasteiger charge is 2.36. The lowest BCUT2D eigenvalue weighted by Gasteiger charge is -2.37. The molecule has 0 radical (unpaired) electrons. The minimum absolute atomic E-state index is 0.0473. The molecule has 5 heteroatoms. The van der Waals surface area contributed by atoms with Crippen LogP contribution in [0.5, 0.6) is 0 Å². The molecule has 0 aliphatic carbocycles. The Morgan fingerprint density at radius 2 is 1.90 bits per heavy atom. The molecule has 0 spiro atoms. The molecule has 1 amide bonds. The first-order chi connectivity index (χ1) is 9.82. The maximum atomic E-state index is 12.7. The van der Waals surface area contributed by atoms with Crippen LogP contribution in [0.2, 0.25) is 0 Å². The maximum absolute atomic E-state index is 12.7. The lowest BCUT2D eigenvalue weighted by Crippen LogP contribution is -2.53. The molecular formula is C16H23BrN2O2. The van der Waals surface area contributed by atoms with E-state index >= 15 is 0 Å². The minimum atomic E-state index is -1.02. The van der Waals surface area contributed by atoms with E-state index in [-0.39, 0.29) is 17.9 Å². The van der Waals surface area contributed by atoms with Gasteiger partial charge in [-0.2, -0.15) is 0 Å². The van der Waals surface area contributed by atoms with Crippen LogP contribution in [0.15, 0.2) is 28.7 Å². The number of hydrogen-bond donors (Lipinski definition) is 2. The quantitative estimate of drug-likeness (QED) is 0.874. The summed E-state index contributed by atoms with van der Waals surface area (Å²) in [5.74, 6) is 0.236. The minimum Gasteiger partial charge on any atom is -0.393 e. The molecule has 116 valence electrons. The summed E-state index contributed by atoms with van der Waals surface area (Å²) in [6.45, 7) is 4.91. The Bertz CT molecular complexity index is 492. The summed E-state index contributed by atoms with van der Waals surface area (Å²) in [4.78, 5) is 14.5. The van der Waals surface area contributed by atoms with Gasteiger partial charge in [-0.15, -0.1) is 0 Å². The highest BCUT2D eigenvalue weighted by Crippen LogP contribution is 2.26. The van der Waals surface area contributed by atoms with Crippen molar-refractivity contribution in [1.29, 1.82) is 0 Å². The molecule has 2 atom stereocenters. The Morgan fingerprint density at radius 3 is 2.38 bits per heavy atom. The topological polar surface area (TPSA) is 66.6 Å². The normalized spacial score (nSPS) is 20.9. The number of carbonyl (C=O) groups excluding carboxylic acids is 1. The summed E-state index contributed by atoms with van der Waals surface area (Å²) in [5.41, 5.74) is 6.10. The van der Waals surface area contributed by atoms with Crippen LogP contribution >= 0.6 is 15.9 Å². The fraction of sp³-hybridized carbons (Fsp3) is 0.562. The molecule has 1 aromatic rings. The van der Waals surface area contributed by atoms with Crippen molar-refractivity contribution >= 4 is 21.8 Å². The summed E-state index contributed by atoms with van der Waals surface area (Å²) in [6.07, 6.45) is 1.36. The van der Waals surface area contributed by atoms with Crippen molar-refractivity contribution in [2.75, 3.05) is 13.1 Å². The predicted octanol–water partition coefficient (Wildman–Crippen LogP) is 2.24. The van der Waals surface area contributed by atoms with Crippen molar-refractivity contribution in [2.24, 2.45) is 11.7 Å². The Hall–Kier alpha value is -0.910. The fourth-order valence-electron chi connectivity index (χ4n) is 2.83. The Labute approximate surface area is 134 Å². The number of aliphatic hydroxyl groups excluding tert-OH is 1. The van der Waals surface area contributed by atoms with Gasteiger partial charge in [0.1, 0.15) is 5.54 Å². The first-order valence-electron chi connectivity index (χ1n) is 7.34. The number of carbonyl (C=O) groups is 1. The largest absolute Gasteiger partial charge is 0.393 e. The Kier molecular flexibility index (Phi) is 5.07. The number of piperidine rings is 1. The van der Waals surface area contributed by atoms with Crippen molar-refractivity contribution in [2.45, 2.75) is 38.3 Å². The van der Waals surface area contributed by atoms with Crippen molar-refractivity contribution < 1.29 is 9.90 Å². The Balaban J connectivity index is 2.07. The Morgan fingerprint density at radius 1 is 1.38 bits per heavy atom. The van der Waals surface area contributed by atoms with Crippen LogP contribution in [0.3, 0.4) is 0 Å². The van der Waals surface area contributed by atoms with Crippen LogP contribution in [-0.2, 0) is 10.3 Å². The van der Waals surface area contributed by atoms with Gasteiger partial charge in [-0.1, -0.05) is 28.1 Å². The van der Waals surface area contributed by atoms with E-state index in [1.807, 2.05) is 36.1 Å².